The summed E-state index contributed by atoms with van der Waals surface area (Å²) in [6, 6.07) is 22.2. The third-order valence-corrected chi connectivity index (χ3v) is 8.15. The Bertz CT molecular complexity index is 559. The fourth-order valence-corrected chi connectivity index (χ4v) is 6.59. The summed E-state index contributed by atoms with van der Waals surface area (Å²) in [4.78, 5) is 0. The van der Waals surface area contributed by atoms with Crippen molar-refractivity contribution in [3.63, 3.8) is 0 Å². The molecule has 3 rings (SSSR count). The first-order valence-corrected chi connectivity index (χ1v) is 10.2. The molecular formula is C20H24S2. The highest BCUT2D eigenvalue weighted by atomic mass is 32.2. The summed E-state index contributed by atoms with van der Waals surface area (Å²) in [6.45, 7) is 2.32. The van der Waals surface area contributed by atoms with Crippen molar-refractivity contribution in [1.82, 2.24) is 0 Å². The zero-order chi connectivity index (χ0) is 15.3. The predicted octanol–water partition coefficient (Wildman–Crippen LogP) is 6.29. The van der Waals surface area contributed by atoms with Crippen LogP contribution in [0.2, 0.25) is 0 Å². The fraction of sp³-hybridized carbons (Fsp3) is 0.400. The Labute approximate surface area is 143 Å². The molecule has 1 atom stereocenters. The first kappa shape index (κ1) is 16.0. The number of hydrogen-bond donors (Lipinski definition) is 0. The minimum absolute atomic E-state index is 0.281. The largest absolute Gasteiger partial charge is 0.139 e. The van der Waals surface area contributed by atoms with E-state index in [1.165, 1.54) is 41.9 Å². The van der Waals surface area contributed by atoms with E-state index in [4.69, 9.17) is 0 Å². The molecule has 1 unspecified atom stereocenters. The zero-order valence-corrected chi connectivity index (χ0v) is 14.8. The average molecular weight is 329 g/mol. The second kappa shape index (κ2) is 7.61. The van der Waals surface area contributed by atoms with Crippen LogP contribution >= 0.6 is 23.5 Å². The van der Waals surface area contributed by atoms with Gasteiger partial charge in [0.05, 0.1) is 4.08 Å². The molecule has 0 radical (unpaired) electrons. The molecule has 2 aromatic rings. The molecule has 0 amide bonds. The van der Waals surface area contributed by atoms with Crippen LogP contribution < -0.4 is 0 Å². The van der Waals surface area contributed by atoms with Crippen LogP contribution in [0.3, 0.4) is 0 Å². The number of benzene rings is 2. The van der Waals surface area contributed by atoms with E-state index in [1.54, 1.807) is 0 Å². The van der Waals surface area contributed by atoms with E-state index in [0.717, 1.165) is 0 Å². The molecule has 1 aliphatic heterocycles. The van der Waals surface area contributed by atoms with Gasteiger partial charge in [0.15, 0.2) is 0 Å². The molecule has 1 fully saturated rings. The highest BCUT2D eigenvalue weighted by molar-refractivity contribution is 8.20. The Morgan fingerprint density at radius 1 is 0.909 bits per heavy atom. The maximum absolute atomic E-state index is 2.32. The van der Waals surface area contributed by atoms with Crippen molar-refractivity contribution in [2.24, 2.45) is 0 Å². The first-order valence-electron chi connectivity index (χ1n) is 8.22. The van der Waals surface area contributed by atoms with Crippen molar-refractivity contribution >= 4 is 23.5 Å². The smallest absolute Gasteiger partial charge is 0.0860 e. The second-order valence-corrected chi connectivity index (χ2v) is 8.92. The van der Waals surface area contributed by atoms with E-state index in [9.17, 15) is 0 Å². The summed E-state index contributed by atoms with van der Waals surface area (Å²) in [7, 11) is 0. The van der Waals surface area contributed by atoms with Crippen molar-refractivity contribution < 1.29 is 0 Å². The van der Waals surface area contributed by atoms with E-state index < -0.39 is 0 Å². The maximum atomic E-state index is 2.32. The molecule has 0 saturated carbocycles. The molecule has 1 heterocycles. The van der Waals surface area contributed by atoms with Crippen LogP contribution in [0.25, 0.3) is 0 Å². The van der Waals surface area contributed by atoms with Gasteiger partial charge in [-0.3, -0.25) is 0 Å². The van der Waals surface area contributed by atoms with Crippen LogP contribution in [0.4, 0.5) is 0 Å². The van der Waals surface area contributed by atoms with Crippen LogP contribution in [0.15, 0.2) is 60.7 Å². The van der Waals surface area contributed by atoms with Crippen LogP contribution in [0, 0.1) is 0 Å². The van der Waals surface area contributed by atoms with E-state index in [2.05, 4.69) is 91.1 Å². The summed E-state index contributed by atoms with van der Waals surface area (Å²) in [5, 5.41) is 0. The van der Waals surface area contributed by atoms with Crippen LogP contribution in [-0.2, 0) is 4.08 Å². The third-order valence-electron chi connectivity index (χ3n) is 4.55. The molecule has 2 aromatic carbocycles. The molecule has 0 nitrogen and oxygen atoms in total. The van der Waals surface area contributed by atoms with Gasteiger partial charge < -0.3 is 0 Å². The van der Waals surface area contributed by atoms with Crippen LogP contribution in [0.1, 0.15) is 43.2 Å². The molecule has 1 saturated heterocycles. The van der Waals surface area contributed by atoms with Gasteiger partial charge in [-0.05, 0) is 36.3 Å². The molecule has 0 spiro atoms. The van der Waals surface area contributed by atoms with Crippen molar-refractivity contribution in [3.05, 3.63) is 71.8 Å². The number of thioether (sulfide) groups is 2. The highest BCUT2D eigenvalue weighted by Crippen LogP contribution is 2.55. The standard InChI is InChI=1S/C20H24S2/c1-2-17(18-9-5-3-6-10-18)13-14-20(21-15-16-22-20)19-11-7-4-8-12-19/h3-12,17H,2,13-16H2,1H3. The zero-order valence-electron chi connectivity index (χ0n) is 13.2. The minimum Gasteiger partial charge on any atom is -0.139 e. The van der Waals surface area contributed by atoms with E-state index >= 15 is 0 Å². The SMILES string of the molecule is CCC(CCC1(c2ccccc2)SCCS1)c1ccccc1. The lowest BCUT2D eigenvalue weighted by atomic mass is 9.90. The number of hydrogen-bond acceptors (Lipinski definition) is 2. The molecule has 2 heteroatoms. The summed E-state index contributed by atoms with van der Waals surface area (Å²) in [6.07, 6.45) is 3.76. The van der Waals surface area contributed by atoms with E-state index in [1.807, 2.05) is 0 Å². The van der Waals surface area contributed by atoms with Gasteiger partial charge in [-0.15, -0.1) is 23.5 Å². The molecule has 0 bridgehead atoms. The van der Waals surface area contributed by atoms with Gasteiger partial charge in [-0.2, -0.15) is 0 Å². The van der Waals surface area contributed by atoms with Gasteiger partial charge in [0.1, 0.15) is 0 Å². The van der Waals surface area contributed by atoms with E-state index in [-0.39, 0.29) is 4.08 Å². The lowest BCUT2D eigenvalue weighted by Gasteiger charge is -2.30. The average Bonchev–Trinajstić information content (AvgIpc) is 3.07. The fourth-order valence-electron chi connectivity index (χ4n) is 3.30. The molecule has 1 aliphatic rings. The lowest BCUT2D eigenvalue weighted by Crippen LogP contribution is -2.16. The van der Waals surface area contributed by atoms with Gasteiger partial charge in [-0.25, -0.2) is 0 Å². The Morgan fingerprint density at radius 3 is 2.09 bits per heavy atom. The third kappa shape index (κ3) is 3.55. The van der Waals surface area contributed by atoms with Gasteiger partial charge in [-0.1, -0.05) is 67.6 Å². The maximum Gasteiger partial charge on any atom is 0.0860 e. The van der Waals surface area contributed by atoms with Gasteiger partial charge in [0.2, 0.25) is 0 Å². The van der Waals surface area contributed by atoms with Crippen molar-refractivity contribution in [2.45, 2.75) is 36.2 Å². The summed E-state index contributed by atoms with van der Waals surface area (Å²) in [5.41, 5.74) is 3.01. The molecule has 0 aliphatic carbocycles. The molecule has 22 heavy (non-hydrogen) atoms. The normalized spacial score (nSPS) is 18.2. The van der Waals surface area contributed by atoms with Gasteiger partial charge in [0, 0.05) is 11.5 Å². The summed E-state index contributed by atoms with van der Waals surface area (Å²) in [5.74, 6) is 3.24. The van der Waals surface area contributed by atoms with Crippen LogP contribution in [0.5, 0.6) is 0 Å². The first-order chi connectivity index (χ1) is 10.8. The van der Waals surface area contributed by atoms with Crippen molar-refractivity contribution in [1.29, 1.82) is 0 Å². The predicted molar refractivity (Wildman–Crippen MR) is 102 cm³/mol. The van der Waals surface area contributed by atoms with Crippen molar-refractivity contribution in [2.75, 3.05) is 11.5 Å². The van der Waals surface area contributed by atoms with Crippen LogP contribution in [-0.4, -0.2) is 11.5 Å². The van der Waals surface area contributed by atoms with Gasteiger partial charge in [0.25, 0.3) is 0 Å². The quantitative estimate of drug-likeness (QED) is 0.611. The minimum atomic E-state index is 0.281. The number of rotatable bonds is 6. The molecule has 116 valence electrons. The summed E-state index contributed by atoms with van der Waals surface area (Å²) >= 11 is 4.31. The monoisotopic (exact) mass is 328 g/mol. The Balaban J connectivity index is 1.75. The van der Waals surface area contributed by atoms with E-state index in [0.29, 0.717) is 5.92 Å². The molecular weight excluding hydrogens is 304 g/mol. The Hall–Kier alpha value is -0.860. The van der Waals surface area contributed by atoms with Gasteiger partial charge >= 0.3 is 0 Å². The highest BCUT2D eigenvalue weighted by Gasteiger charge is 2.37. The van der Waals surface area contributed by atoms with Crippen molar-refractivity contribution in [3.8, 4) is 0 Å². The Morgan fingerprint density at radius 2 is 1.50 bits per heavy atom. The molecule has 0 aromatic heterocycles. The topological polar surface area (TPSA) is 0 Å². The lowest BCUT2D eigenvalue weighted by molar-refractivity contribution is 0.559. The molecule has 0 N–H and O–H groups in total. The Kier molecular flexibility index (Phi) is 5.54. The second-order valence-electron chi connectivity index (χ2n) is 5.87. The summed E-state index contributed by atoms with van der Waals surface area (Å²) < 4.78 is 0.281.